The molecule has 2 unspecified atom stereocenters. The molecule has 0 aliphatic carbocycles. The van der Waals surface area contributed by atoms with Crippen molar-refractivity contribution in [2.24, 2.45) is 23.7 Å². The summed E-state index contributed by atoms with van der Waals surface area (Å²) >= 11 is 0. The molecule has 0 aliphatic heterocycles. The molecule has 142 valence electrons. The fourth-order valence-electron chi connectivity index (χ4n) is 2.40. The standard InChI is InChI=1S/C20H40N2O2/c1-7-15(3)13-21-20(24)18(6)12-10-9-11-16(4)14-22-19(23)17(5)8-2/h15-18H,7-14H2,1-6H3,(H,21,24)(H,22,23)/t15-,16?,17-,18?/m0/s1. The molecule has 0 aliphatic rings. The van der Waals surface area contributed by atoms with E-state index in [0.717, 1.165) is 51.6 Å². The van der Waals surface area contributed by atoms with Gasteiger partial charge in [0.2, 0.25) is 11.8 Å². The minimum absolute atomic E-state index is 0.0921. The van der Waals surface area contributed by atoms with E-state index in [0.29, 0.717) is 11.8 Å². The second-order valence-corrected chi connectivity index (χ2v) is 7.60. The molecule has 0 bridgehead atoms. The lowest BCUT2D eigenvalue weighted by atomic mass is 9.98. The zero-order valence-corrected chi connectivity index (χ0v) is 16.8. The van der Waals surface area contributed by atoms with E-state index in [-0.39, 0.29) is 23.7 Å². The highest BCUT2D eigenvalue weighted by molar-refractivity contribution is 5.78. The van der Waals surface area contributed by atoms with Gasteiger partial charge in [-0.2, -0.15) is 0 Å². The summed E-state index contributed by atoms with van der Waals surface area (Å²) in [5.74, 6) is 1.58. The van der Waals surface area contributed by atoms with Crippen LogP contribution in [0.3, 0.4) is 0 Å². The molecule has 0 aromatic carbocycles. The smallest absolute Gasteiger partial charge is 0.222 e. The summed E-state index contributed by atoms with van der Waals surface area (Å²) in [5.41, 5.74) is 0. The van der Waals surface area contributed by atoms with Crippen molar-refractivity contribution in [1.29, 1.82) is 0 Å². The topological polar surface area (TPSA) is 58.2 Å². The Labute approximate surface area is 149 Å². The number of unbranched alkanes of at least 4 members (excludes halogenated alkanes) is 1. The maximum Gasteiger partial charge on any atom is 0.222 e. The minimum atomic E-state index is 0.0921. The Bertz CT molecular complexity index is 358. The Morgan fingerprint density at radius 2 is 1.21 bits per heavy atom. The first-order chi connectivity index (χ1) is 11.3. The molecule has 0 heterocycles. The van der Waals surface area contributed by atoms with Gasteiger partial charge in [-0.25, -0.2) is 0 Å². The summed E-state index contributed by atoms with van der Waals surface area (Å²) in [4.78, 5) is 23.8. The summed E-state index contributed by atoms with van der Waals surface area (Å²) in [7, 11) is 0. The van der Waals surface area contributed by atoms with Crippen molar-refractivity contribution in [3.63, 3.8) is 0 Å². The summed E-state index contributed by atoms with van der Waals surface area (Å²) in [6.45, 7) is 14.0. The lowest BCUT2D eigenvalue weighted by Crippen LogP contribution is -2.33. The third-order valence-electron chi connectivity index (χ3n) is 5.04. The van der Waals surface area contributed by atoms with Crippen LogP contribution in [0, 0.1) is 23.7 Å². The van der Waals surface area contributed by atoms with E-state index >= 15 is 0 Å². The molecule has 2 N–H and O–H groups in total. The van der Waals surface area contributed by atoms with E-state index in [2.05, 4.69) is 31.4 Å². The second kappa shape index (κ2) is 13.3. The molecule has 0 saturated heterocycles. The average molecular weight is 341 g/mol. The van der Waals surface area contributed by atoms with Gasteiger partial charge in [0, 0.05) is 24.9 Å². The number of hydrogen-bond acceptors (Lipinski definition) is 2. The lowest BCUT2D eigenvalue weighted by molar-refractivity contribution is -0.125. The number of nitrogens with one attached hydrogen (secondary N) is 2. The largest absolute Gasteiger partial charge is 0.356 e. The number of amides is 2. The van der Waals surface area contributed by atoms with E-state index in [4.69, 9.17) is 0 Å². The van der Waals surface area contributed by atoms with E-state index in [1.165, 1.54) is 0 Å². The molecular weight excluding hydrogens is 300 g/mol. The van der Waals surface area contributed by atoms with Gasteiger partial charge in [-0.15, -0.1) is 0 Å². The monoisotopic (exact) mass is 340 g/mol. The highest BCUT2D eigenvalue weighted by Crippen LogP contribution is 2.14. The van der Waals surface area contributed by atoms with E-state index in [1.807, 2.05) is 20.8 Å². The van der Waals surface area contributed by atoms with Crippen LogP contribution in [0.5, 0.6) is 0 Å². The van der Waals surface area contributed by atoms with Crippen LogP contribution in [0.4, 0.5) is 0 Å². The zero-order valence-electron chi connectivity index (χ0n) is 16.8. The van der Waals surface area contributed by atoms with Gasteiger partial charge >= 0.3 is 0 Å². The fraction of sp³-hybridized carbons (Fsp3) is 0.900. The highest BCUT2D eigenvalue weighted by Gasteiger charge is 2.14. The van der Waals surface area contributed by atoms with Gasteiger partial charge in [0.25, 0.3) is 0 Å². The van der Waals surface area contributed by atoms with Gasteiger partial charge in [0.05, 0.1) is 0 Å². The van der Waals surface area contributed by atoms with E-state index in [1.54, 1.807) is 0 Å². The average Bonchev–Trinajstić information content (AvgIpc) is 2.59. The first-order valence-corrected chi connectivity index (χ1v) is 9.87. The van der Waals surface area contributed by atoms with Gasteiger partial charge < -0.3 is 10.6 Å². The molecule has 0 aromatic rings. The first kappa shape index (κ1) is 22.9. The van der Waals surface area contributed by atoms with Crippen LogP contribution in [-0.4, -0.2) is 24.9 Å². The minimum Gasteiger partial charge on any atom is -0.356 e. The van der Waals surface area contributed by atoms with Crippen molar-refractivity contribution in [1.82, 2.24) is 10.6 Å². The molecule has 4 heteroatoms. The molecule has 0 aromatic heterocycles. The molecule has 0 saturated carbocycles. The summed E-state index contributed by atoms with van der Waals surface area (Å²) in [5, 5.41) is 6.08. The number of carbonyl (C=O) groups excluding carboxylic acids is 2. The Balaban J connectivity index is 3.76. The normalized spacial score (nSPS) is 16.1. The summed E-state index contributed by atoms with van der Waals surface area (Å²) in [6, 6.07) is 0. The van der Waals surface area contributed by atoms with Crippen LogP contribution in [0.1, 0.15) is 80.1 Å². The van der Waals surface area contributed by atoms with Crippen LogP contribution >= 0.6 is 0 Å². The number of carbonyl (C=O) groups is 2. The molecule has 0 rings (SSSR count). The highest BCUT2D eigenvalue weighted by atomic mass is 16.2. The Morgan fingerprint density at radius 1 is 0.708 bits per heavy atom. The fourth-order valence-corrected chi connectivity index (χ4v) is 2.40. The summed E-state index contributed by atoms with van der Waals surface area (Å²) < 4.78 is 0. The lowest BCUT2D eigenvalue weighted by Gasteiger charge is -2.16. The molecule has 0 spiro atoms. The molecular formula is C20H40N2O2. The molecule has 4 atom stereocenters. The molecule has 24 heavy (non-hydrogen) atoms. The maximum atomic E-state index is 12.0. The predicted molar refractivity (Wildman–Crippen MR) is 102 cm³/mol. The van der Waals surface area contributed by atoms with Crippen molar-refractivity contribution in [3.8, 4) is 0 Å². The molecule has 2 amide bonds. The quantitative estimate of drug-likeness (QED) is 0.495. The Morgan fingerprint density at radius 3 is 1.75 bits per heavy atom. The van der Waals surface area contributed by atoms with Gasteiger partial charge in [-0.1, -0.05) is 60.8 Å². The SMILES string of the molecule is CC[C@H](C)CNC(=O)C(C)CCCCC(C)CNC(=O)[C@@H](C)CC. The summed E-state index contributed by atoms with van der Waals surface area (Å²) in [6.07, 6.45) is 6.21. The first-order valence-electron chi connectivity index (χ1n) is 9.87. The number of rotatable bonds is 13. The number of hydrogen-bond donors (Lipinski definition) is 2. The predicted octanol–water partition coefficient (Wildman–Crippen LogP) is 4.14. The van der Waals surface area contributed by atoms with Crippen molar-refractivity contribution < 1.29 is 9.59 Å². The van der Waals surface area contributed by atoms with Gasteiger partial charge in [-0.05, 0) is 31.1 Å². The van der Waals surface area contributed by atoms with E-state index in [9.17, 15) is 9.59 Å². The van der Waals surface area contributed by atoms with E-state index < -0.39 is 0 Å². The second-order valence-electron chi connectivity index (χ2n) is 7.60. The van der Waals surface area contributed by atoms with Crippen molar-refractivity contribution in [3.05, 3.63) is 0 Å². The molecule has 0 radical (unpaired) electrons. The van der Waals surface area contributed by atoms with Gasteiger partial charge in [0.15, 0.2) is 0 Å². The Kier molecular flexibility index (Phi) is 12.7. The van der Waals surface area contributed by atoms with Crippen molar-refractivity contribution >= 4 is 11.8 Å². The Hall–Kier alpha value is -1.06. The van der Waals surface area contributed by atoms with Crippen LogP contribution in [0.2, 0.25) is 0 Å². The van der Waals surface area contributed by atoms with Crippen molar-refractivity contribution in [2.75, 3.05) is 13.1 Å². The van der Waals surface area contributed by atoms with Crippen LogP contribution in [0.25, 0.3) is 0 Å². The third kappa shape index (κ3) is 10.7. The van der Waals surface area contributed by atoms with Crippen molar-refractivity contribution in [2.45, 2.75) is 80.1 Å². The maximum absolute atomic E-state index is 12.0. The van der Waals surface area contributed by atoms with Crippen LogP contribution in [0.15, 0.2) is 0 Å². The van der Waals surface area contributed by atoms with Gasteiger partial charge in [0.1, 0.15) is 0 Å². The van der Waals surface area contributed by atoms with Gasteiger partial charge in [-0.3, -0.25) is 9.59 Å². The van der Waals surface area contributed by atoms with Crippen LogP contribution in [-0.2, 0) is 9.59 Å². The molecule has 0 fully saturated rings. The molecule has 4 nitrogen and oxygen atoms in total. The zero-order chi connectivity index (χ0) is 18.5. The third-order valence-corrected chi connectivity index (χ3v) is 5.04. The van der Waals surface area contributed by atoms with Crippen LogP contribution < -0.4 is 10.6 Å².